The zero-order chi connectivity index (χ0) is 47.5. The monoisotopic (exact) mass is 968 g/mol. The molecule has 8 N–H and O–H groups in total. The summed E-state index contributed by atoms with van der Waals surface area (Å²) < 4.78 is 72.6. The van der Waals surface area contributed by atoms with E-state index < -0.39 is 20.5 Å². The van der Waals surface area contributed by atoms with Crippen LogP contribution in [0.25, 0.3) is 17.8 Å². The molecule has 0 bridgehead atoms. The van der Waals surface area contributed by atoms with Crippen LogP contribution in [-0.4, -0.2) is 96.0 Å². The van der Waals surface area contributed by atoms with Crippen molar-refractivity contribution in [3.8, 4) is 36.1 Å². The normalized spacial score (nSPS) is 9.24. The minimum atomic E-state index is -4.94. The van der Waals surface area contributed by atoms with Gasteiger partial charge in [0.1, 0.15) is 0 Å². The number of nitrogen functional groups attached to an aromatic ring is 3. The Morgan fingerprint density at radius 2 is 0.571 bits per heavy atom. The summed E-state index contributed by atoms with van der Waals surface area (Å²) in [5, 5.41) is 78.7. The molecule has 0 unspecified atom stereocenters. The van der Waals surface area contributed by atoms with E-state index in [4.69, 9.17) is 70.3 Å². The molecule has 0 aliphatic heterocycles. The van der Waals surface area contributed by atoms with Gasteiger partial charge in [-0.3, -0.25) is 0 Å². The van der Waals surface area contributed by atoms with E-state index in [1.165, 1.54) is 20.8 Å². The number of nitriles is 3. The topological polar surface area (TPSA) is 574 Å². The van der Waals surface area contributed by atoms with Crippen LogP contribution in [0.4, 0.5) is 17.8 Å². The van der Waals surface area contributed by atoms with Crippen LogP contribution in [0.15, 0.2) is 18.2 Å². The number of anilines is 3. The molecule has 0 fully saturated rings. The first-order chi connectivity index (χ1) is 28.2. The second-order valence-corrected chi connectivity index (χ2v) is 11.6. The Morgan fingerprint density at radius 1 is 0.429 bits per heavy atom. The van der Waals surface area contributed by atoms with Crippen LogP contribution < -0.4 is 54.5 Å². The van der Waals surface area contributed by atoms with E-state index in [0.29, 0.717) is 17.8 Å². The second-order valence-electron chi connectivity index (χ2n) is 10.1. The number of nitrogens with two attached hydrogens (primary N) is 3. The smallest absolute Gasteiger partial charge is 0.412 e. The van der Waals surface area contributed by atoms with Crippen LogP contribution in [0, 0.1) is 96.0 Å². The number of hydrogen-bond donors (Lipinski definition) is 3. The first-order valence-electron chi connectivity index (χ1n) is 15.5. The van der Waals surface area contributed by atoms with E-state index in [0.717, 1.165) is 34.2 Å². The maximum Gasteiger partial charge on any atom is 2.00 e. The van der Waals surface area contributed by atoms with E-state index in [1.807, 2.05) is 59.7 Å². The zero-order valence-electron chi connectivity index (χ0n) is 34.2. The van der Waals surface area contributed by atoms with E-state index in [2.05, 4.69) is 76.5 Å². The van der Waals surface area contributed by atoms with Gasteiger partial charge in [-0.25, -0.2) is 51.3 Å². The Labute approximate surface area is 371 Å². The summed E-state index contributed by atoms with van der Waals surface area (Å²) in [6.45, 7) is 15.7. The second kappa shape index (κ2) is 31.9. The molecule has 6 aromatic rings. The van der Waals surface area contributed by atoms with Gasteiger partial charge in [-0.2, -0.15) is 31.1 Å². The van der Waals surface area contributed by atoms with Crippen LogP contribution in [0.1, 0.15) is 54.9 Å². The summed E-state index contributed by atoms with van der Waals surface area (Å²) in [5.41, 5.74) is 21.3. The molecule has 0 saturated carbocycles. The minimum Gasteiger partial charge on any atom is -0.412 e. The van der Waals surface area contributed by atoms with Crippen LogP contribution in [0.2, 0.25) is 0 Å². The number of halogens is 2. The molecule has 0 aliphatic rings. The molecule has 6 heterocycles. The molecule has 0 aromatic carbocycles. The van der Waals surface area contributed by atoms with Gasteiger partial charge in [0.2, 0.25) is 0 Å². The van der Waals surface area contributed by atoms with E-state index in [1.54, 1.807) is 32.3 Å². The fourth-order valence-electron chi connectivity index (χ4n) is 3.44. The van der Waals surface area contributed by atoms with Crippen molar-refractivity contribution in [1.82, 2.24) is 90.5 Å². The van der Waals surface area contributed by atoms with Crippen molar-refractivity contribution in [2.24, 2.45) is 0 Å². The summed E-state index contributed by atoms with van der Waals surface area (Å²) in [7, 11) is -9.89. The molecular formula is C27H38Cl2FeN24O9. The number of aromatic nitrogens is 18. The SMILES string of the molecule is CC#N.CC#N.CC#N.Cc1cc(C)n(-c2nnc(N)nn2)n1.Cc1cc(C)n(-c2nnc(N)nn2)n1.Cc1cc(C)n(-c2nnc(N)nn2)n1.O.[Fe+2].[O-][Cl+3]([O-])([O-])[O-].[O-][Cl+3]([O-])([O-])[O-]. The largest absolute Gasteiger partial charge is 2.00 e. The van der Waals surface area contributed by atoms with Crippen molar-refractivity contribution in [2.75, 3.05) is 17.2 Å². The molecule has 0 amide bonds. The summed E-state index contributed by atoms with van der Waals surface area (Å²) >= 11 is 0. The molecule has 36 heteroatoms. The van der Waals surface area contributed by atoms with Gasteiger partial charge in [0.15, 0.2) is 0 Å². The molecule has 342 valence electrons. The van der Waals surface area contributed by atoms with Gasteiger partial charge in [-0.05, 0) is 59.7 Å². The average molecular weight is 970 g/mol. The van der Waals surface area contributed by atoms with E-state index >= 15 is 0 Å². The van der Waals surface area contributed by atoms with Crippen LogP contribution in [0.3, 0.4) is 0 Å². The van der Waals surface area contributed by atoms with Gasteiger partial charge in [0.05, 0.1) is 35.3 Å². The Kier molecular flexibility index (Phi) is 31.7. The molecule has 6 rings (SSSR count). The molecule has 0 atom stereocenters. The van der Waals surface area contributed by atoms with Gasteiger partial charge in [-0.1, -0.05) is 0 Å². The fourth-order valence-corrected chi connectivity index (χ4v) is 3.44. The van der Waals surface area contributed by atoms with E-state index in [9.17, 15) is 0 Å². The number of rotatable bonds is 3. The van der Waals surface area contributed by atoms with Crippen LogP contribution in [-0.2, 0) is 17.1 Å². The number of nitrogens with zero attached hydrogens (tertiary/aromatic N) is 21. The zero-order valence-corrected chi connectivity index (χ0v) is 36.8. The van der Waals surface area contributed by atoms with Crippen LogP contribution >= 0.6 is 0 Å². The third-order valence-corrected chi connectivity index (χ3v) is 5.05. The van der Waals surface area contributed by atoms with Crippen molar-refractivity contribution in [1.29, 1.82) is 15.8 Å². The molecule has 33 nitrogen and oxygen atoms in total. The van der Waals surface area contributed by atoms with Gasteiger partial charge >= 0.3 is 17.1 Å². The predicted octanol–water partition coefficient (Wildman–Crippen LogP) is -9.80. The minimum absolute atomic E-state index is 0. The van der Waals surface area contributed by atoms with Crippen LogP contribution in [0.5, 0.6) is 0 Å². The van der Waals surface area contributed by atoms with Crippen molar-refractivity contribution in [3.63, 3.8) is 0 Å². The number of aryl methyl sites for hydroxylation is 6. The van der Waals surface area contributed by atoms with Crippen molar-refractivity contribution in [2.45, 2.75) is 62.3 Å². The molecule has 0 aliphatic carbocycles. The Hall–Kier alpha value is -6.94. The molecule has 0 radical (unpaired) electrons. The van der Waals surface area contributed by atoms with Crippen molar-refractivity contribution < 1.29 is 80.3 Å². The summed E-state index contributed by atoms with van der Waals surface area (Å²) in [6.07, 6.45) is 0. The third kappa shape index (κ3) is 30.7. The van der Waals surface area contributed by atoms with Gasteiger partial charge < -0.3 is 22.7 Å². The van der Waals surface area contributed by atoms with Gasteiger partial charge in [0.25, 0.3) is 35.7 Å². The molecular weight excluding hydrogens is 931 g/mol. The maximum absolute atomic E-state index is 8.49. The quantitative estimate of drug-likeness (QED) is 0.139. The third-order valence-electron chi connectivity index (χ3n) is 5.05. The number of hydrogen-bond acceptors (Lipinski definition) is 29. The summed E-state index contributed by atoms with van der Waals surface area (Å²) in [5.74, 6) is 1.13. The predicted molar refractivity (Wildman–Crippen MR) is 183 cm³/mol. The van der Waals surface area contributed by atoms with Gasteiger partial charge in [-0.15, -0.1) is 81.7 Å². The van der Waals surface area contributed by atoms with Crippen molar-refractivity contribution in [3.05, 3.63) is 52.4 Å². The standard InChI is InChI=1S/3C7H9N7.3C2H3N.2ClHO4.Fe.H2O/c3*1-4-3-5(2)14(13-4)7-11-9-6(8)10-12-7;3*1-2-3;2*2-1(3,4)5;;/h3*3H,1-2H3,(H2,8,9,10);3*1H3;2*(H,2,3,4,5);;1H2/q;;;;;;;;+2;/p-2. The Morgan fingerprint density at radius 3 is 0.683 bits per heavy atom. The van der Waals surface area contributed by atoms with Gasteiger partial charge in [0, 0.05) is 37.9 Å². The first-order valence-corrected chi connectivity index (χ1v) is 18.0. The summed E-state index contributed by atoms with van der Waals surface area (Å²) in [4.78, 5) is 0. The molecule has 0 saturated heterocycles. The molecule has 63 heavy (non-hydrogen) atoms. The van der Waals surface area contributed by atoms with Crippen molar-refractivity contribution >= 4 is 17.8 Å². The van der Waals surface area contributed by atoms with E-state index in [-0.39, 0.29) is 40.4 Å². The maximum atomic E-state index is 8.49. The molecule has 6 aromatic heterocycles. The fraction of sp³-hybridized carbons (Fsp3) is 0.333. The molecule has 0 spiro atoms. The Bertz CT molecular complexity index is 2020. The summed E-state index contributed by atoms with van der Waals surface area (Å²) in [6, 6.07) is 11.0. The Balaban J connectivity index is -0.000000341. The first kappa shape index (κ1) is 62.7. The average Bonchev–Trinajstić information content (AvgIpc) is 3.78.